The Balaban J connectivity index is 3.71. The van der Waals surface area contributed by atoms with E-state index in [9.17, 15) is 9.18 Å². The summed E-state index contributed by atoms with van der Waals surface area (Å²) in [5.74, 6) is -1.54. The van der Waals surface area contributed by atoms with Gasteiger partial charge in [0.15, 0.2) is 0 Å². The fraction of sp³-hybridized carbons (Fsp3) is 0.833. The van der Waals surface area contributed by atoms with Crippen LogP contribution in [0.1, 0.15) is 6.42 Å². The second-order valence-corrected chi connectivity index (χ2v) is 2.44. The van der Waals surface area contributed by atoms with Crippen molar-refractivity contribution in [2.75, 3.05) is 13.2 Å². The molecule has 11 heavy (non-hydrogen) atoms. The van der Waals surface area contributed by atoms with Gasteiger partial charge in [-0.1, -0.05) is 0 Å². The Morgan fingerprint density at radius 3 is 2.45 bits per heavy atom. The molecule has 2 atom stereocenters. The highest BCUT2D eigenvalue weighted by Gasteiger charge is 2.17. The minimum absolute atomic E-state index is 0.0995. The van der Waals surface area contributed by atoms with Gasteiger partial charge in [-0.25, -0.2) is 0 Å². The Kier molecular flexibility index (Phi) is 4.72. The van der Waals surface area contributed by atoms with Gasteiger partial charge in [0.1, 0.15) is 6.04 Å². The van der Waals surface area contributed by atoms with Crippen LogP contribution in [0.3, 0.4) is 0 Å². The van der Waals surface area contributed by atoms with Crippen LogP contribution < -0.4 is 11.5 Å². The van der Waals surface area contributed by atoms with E-state index in [-0.39, 0.29) is 13.0 Å². The van der Waals surface area contributed by atoms with Crippen LogP contribution in [0.4, 0.5) is 4.39 Å². The van der Waals surface area contributed by atoms with E-state index in [1.165, 1.54) is 0 Å². The van der Waals surface area contributed by atoms with E-state index in [4.69, 9.17) is 16.6 Å². The van der Waals surface area contributed by atoms with Crippen molar-refractivity contribution in [1.29, 1.82) is 0 Å². The maximum absolute atomic E-state index is 12.0. The van der Waals surface area contributed by atoms with Crippen molar-refractivity contribution in [2.45, 2.75) is 12.5 Å². The lowest BCUT2D eigenvalue weighted by Gasteiger charge is -2.12. The first-order valence-corrected chi connectivity index (χ1v) is 3.36. The van der Waals surface area contributed by atoms with Crippen molar-refractivity contribution in [1.82, 2.24) is 0 Å². The number of hydrogen-bond donors (Lipinski definition) is 3. The molecular formula is C6H13FN2O2. The SMILES string of the molecule is NCC(CF)CC(N)C(=O)O. The zero-order valence-corrected chi connectivity index (χ0v) is 6.16. The number of alkyl halides is 1. The number of aliphatic carboxylic acids is 1. The van der Waals surface area contributed by atoms with Crippen LogP contribution in [0, 0.1) is 5.92 Å². The second kappa shape index (κ2) is 5.03. The van der Waals surface area contributed by atoms with E-state index in [2.05, 4.69) is 0 Å². The lowest BCUT2D eigenvalue weighted by Crippen LogP contribution is -2.34. The van der Waals surface area contributed by atoms with Crippen molar-refractivity contribution in [3.63, 3.8) is 0 Å². The van der Waals surface area contributed by atoms with Crippen molar-refractivity contribution < 1.29 is 14.3 Å². The Bertz CT molecular complexity index is 128. The van der Waals surface area contributed by atoms with E-state index in [1.807, 2.05) is 0 Å². The van der Waals surface area contributed by atoms with Crippen LogP contribution in [0.25, 0.3) is 0 Å². The first-order chi connectivity index (χ1) is 5.11. The maximum Gasteiger partial charge on any atom is 0.320 e. The molecule has 5 N–H and O–H groups in total. The van der Waals surface area contributed by atoms with Crippen LogP contribution in [0.5, 0.6) is 0 Å². The Labute approximate surface area is 64.4 Å². The minimum Gasteiger partial charge on any atom is -0.480 e. The van der Waals surface area contributed by atoms with Crippen molar-refractivity contribution in [3.05, 3.63) is 0 Å². The van der Waals surface area contributed by atoms with Crippen LogP contribution in [0.15, 0.2) is 0 Å². The molecule has 0 aromatic carbocycles. The summed E-state index contributed by atoms with van der Waals surface area (Å²) in [6.07, 6.45) is 0.0995. The summed E-state index contributed by atoms with van der Waals surface area (Å²) in [4.78, 5) is 10.2. The number of carbonyl (C=O) groups is 1. The summed E-state index contributed by atoms with van der Waals surface area (Å²) in [6, 6.07) is -1.00. The summed E-state index contributed by atoms with van der Waals surface area (Å²) in [5, 5.41) is 8.33. The molecule has 0 aliphatic carbocycles. The van der Waals surface area contributed by atoms with Crippen LogP contribution in [-0.2, 0) is 4.79 Å². The fourth-order valence-corrected chi connectivity index (χ4v) is 0.682. The predicted octanol–water partition coefficient (Wildman–Crippen LogP) is -0.667. The van der Waals surface area contributed by atoms with E-state index in [0.29, 0.717) is 0 Å². The third-order valence-electron chi connectivity index (χ3n) is 1.46. The standard InChI is InChI=1S/C6H13FN2O2/c7-2-4(3-8)1-5(9)6(10)11/h4-5H,1-3,8-9H2,(H,10,11). The molecular weight excluding hydrogens is 151 g/mol. The lowest BCUT2D eigenvalue weighted by molar-refractivity contribution is -0.138. The molecule has 0 radical (unpaired) electrons. The van der Waals surface area contributed by atoms with Gasteiger partial charge in [-0.3, -0.25) is 9.18 Å². The Morgan fingerprint density at radius 2 is 2.18 bits per heavy atom. The second-order valence-electron chi connectivity index (χ2n) is 2.44. The van der Waals surface area contributed by atoms with Crippen molar-refractivity contribution >= 4 is 5.97 Å². The average molecular weight is 164 g/mol. The largest absolute Gasteiger partial charge is 0.480 e. The van der Waals surface area contributed by atoms with Gasteiger partial charge in [-0.15, -0.1) is 0 Å². The summed E-state index contributed by atoms with van der Waals surface area (Å²) >= 11 is 0. The summed E-state index contributed by atoms with van der Waals surface area (Å²) < 4.78 is 12.0. The number of nitrogens with two attached hydrogens (primary N) is 2. The van der Waals surface area contributed by atoms with E-state index < -0.39 is 24.6 Å². The van der Waals surface area contributed by atoms with Gasteiger partial charge in [-0.2, -0.15) is 0 Å². The first kappa shape index (κ1) is 10.3. The Morgan fingerprint density at radius 1 is 1.64 bits per heavy atom. The topological polar surface area (TPSA) is 89.3 Å². The van der Waals surface area contributed by atoms with Gasteiger partial charge < -0.3 is 16.6 Å². The quantitative estimate of drug-likeness (QED) is 0.503. The molecule has 0 saturated heterocycles. The predicted molar refractivity (Wildman–Crippen MR) is 38.7 cm³/mol. The average Bonchev–Trinajstić information content (AvgIpc) is 1.99. The highest BCUT2D eigenvalue weighted by Crippen LogP contribution is 2.04. The normalized spacial score (nSPS) is 15.9. The Hall–Kier alpha value is -0.680. The summed E-state index contributed by atoms with van der Waals surface area (Å²) in [7, 11) is 0. The van der Waals surface area contributed by atoms with Gasteiger partial charge in [-0.05, 0) is 13.0 Å². The number of carboxylic acids is 1. The zero-order valence-electron chi connectivity index (χ0n) is 6.16. The smallest absolute Gasteiger partial charge is 0.320 e. The lowest BCUT2D eigenvalue weighted by atomic mass is 10.0. The zero-order chi connectivity index (χ0) is 8.85. The molecule has 0 amide bonds. The van der Waals surface area contributed by atoms with Gasteiger partial charge >= 0.3 is 5.97 Å². The molecule has 66 valence electrons. The molecule has 4 nitrogen and oxygen atoms in total. The molecule has 0 heterocycles. The van der Waals surface area contributed by atoms with E-state index in [0.717, 1.165) is 0 Å². The third kappa shape index (κ3) is 3.90. The molecule has 0 aromatic heterocycles. The first-order valence-electron chi connectivity index (χ1n) is 3.36. The highest BCUT2D eigenvalue weighted by atomic mass is 19.1. The van der Waals surface area contributed by atoms with Gasteiger partial charge in [0.2, 0.25) is 0 Å². The molecule has 0 bridgehead atoms. The number of rotatable bonds is 5. The van der Waals surface area contributed by atoms with Crippen LogP contribution in [0.2, 0.25) is 0 Å². The molecule has 0 aromatic rings. The van der Waals surface area contributed by atoms with E-state index in [1.54, 1.807) is 0 Å². The van der Waals surface area contributed by atoms with Crippen molar-refractivity contribution in [3.8, 4) is 0 Å². The number of halogens is 1. The van der Waals surface area contributed by atoms with Crippen molar-refractivity contribution in [2.24, 2.45) is 17.4 Å². The molecule has 0 rings (SSSR count). The highest BCUT2D eigenvalue weighted by molar-refractivity contribution is 5.73. The summed E-state index contributed by atoms with van der Waals surface area (Å²) in [6.45, 7) is -0.477. The van der Waals surface area contributed by atoms with Gasteiger partial charge in [0.25, 0.3) is 0 Å². The molecule has 2 unspecified atom stereocenters. The summed E-state index contributed by atoms with van der Waals surface area (Å²) in [5.41, 5.74) is 10.3. The third-order valence-corrected chi connectivity index (χ3v) is 1.46. The maximum atomic E-state index is 12.0. The number of hydrogen-bond acceptors (Lipinski definition) is 3. The number of carboxylic acid groups (broad SMARTS) is 1. The molecule has 0 aliphatic heterocycles. The van der Waals surface area contributed by atoms with Crippen LogP contribution >= 0.6 is 0 Å². The molecule has 0 fully saturated rings. The van der Waals surface area contributed by atoms with Gasteiger partial charge in [0.05, 0.1) is 6.67 Å². The fourth-order valence-electron chi connectivity index (χ4n) is 0.682. The molecule has 0 spiro atoms. The van der Waals surface area contributed by atoms with Gasteiger partial charge in [0, 0.05) is 5.92 Å². The molecule has 0 aliphatic rings. The van der Waals surface area contributed by atoms with Crippen LogP contribution in [-0.4, -0.2) is 30.3 Å². The molecule has 0 saturated carbocycles. The monoisotopic (exact) mass is 164 g/mol. The minimum atomic E-state index is -1.11. The van der Waals surface area contributed by atoms with E-state index >= 15 is 0 Å². The molecule has 5 heteroatoms.